The number of nitrogens with zero attached hydrogens (tertiary/aromatic N) is 5. The molecule has 0 spiro atoms. The monoisotopic (exact) mass is 492 g/mol. The number of nitrogens with one attached hydrogen (secondary N) is 1. The van der Waals surface area contributed by atoms with Crippen molar-refractivity contribution in [3.05, 3.63) is 36.7 Å². The predicted octanol–water partition coefficient (Wildman–Crippen LogP) is 1.78. The Hall–Kier alpha value is -2.42. The van der Waals surface area contributed by atoms with Gasteiger partial charge in [0.25, 0.3) is 0 Å². The Morgan fingerprint density at radius 2 is 2.06 bits per heavy atom. The highest BCUT2D eigenvalue weighted by atomic mass is 32.2. The second kappa shape index (κ2) is 9.08. The normalized spacial score (nSPS) is 24.0. The lowest BCUT2D eigenvalue weighted by Gasteiger charge is -2.17. The SMILES string of the molecule is CC(CSc1nc2ccccc2s1)Nc1nc(F)nc2c1ncn2[C@@H]1O[C@H](CO)C(O)C1O. The number of fused-ring (bicyclic) bond motifs is 2. The molecule has 0 saturated carbocycles. The van der Waals surface area contributed by atoms with Crippen LogP contribution < -0.4 is 5.32 Å². The van der Waals surface area contributed by atoms with Crippen LogP contribution in [0.5, 0.6) is 0 Å². The number of benzene rings is 1. The van der Waals surface area contributed by atoms with Crippen LogP contribution in [0.4, 0.5) is 10.2 Å². The minimum Gasteiger partial charge on any atom is -0.394 e. The summed E-state index contributed by atoms with van der Waals surface area (Å²) in [5, 5.41) is 32.8. The van der Waals surface area contributed by atoms with E-state index in [1.807, 2.05) is 31.2 Å². The van der Waals surface area contributed by atoms with Crippen molar-refractivity contribution in [2.45, 2.75) is 41.8 Å². The molecule has 33 heavy (non-hydrogen) atoms. The van der Waals surface area contributed by atoms with Crippen LogP contribution in [0.1, 0.15) is 13.2 Å². The Morgan fingerprint density at radius 3 is 2.82 bits per heavy atom. The lowest BCUT2D eigenvalue weighted by Crippen LogP contribution is -2.33. The van der Waals surface area contributed by atoms with Crippen molar-refractivity contribution in [2.75, 3.05) is 17.7 Å². The van der Waals surface area contributed by atoms with Crippen molar-refractivity contribution in [3.8, 4) is 0 Å². The van der Waals surface area contributed by atoms with Gasteiger partial charge in [0, 0.05) is 11.8 Å². The summed E-state index contributed by atoms with van der Waals surface area (Å²) in [5.74, 6) is 0.864. The van der Waals surface area contributed by atoms with E-state index in [-0.39, 0.29) is 17.5 Å². The van der Waals surface area contributed by atoms with Gasteiger partial charge in [-0.15, -0.1) is 11.3 Å². The lowest BCUT2D eigenvalue weighted by atomic mass is 10.1. The number of anilines is 1. The third kappa shape index (κ3) is 4.27. The summed E-state index contributed by atoms with van der Waals surface area (Å²) < 4.78 is 23.2. The molecule has 1 fully saturated rings. The first-order valence-corrected chi connectivity index (χ1v) is 12.0. The van der Waals surface area contributed by atoms with E-state index < -0.39 is 37.2 Å². The van der Waals surface area contributed by atoms with E-state index in [1.54, 1.807) is 23.1 Å². The van der Waals surface area contributed by atoms with Crippen molar-refractivity contribution in [3.63, 3.8) is 0 Å². The van der Waals surface area contributed by atoms with Gasteiger partial charge in [0.15, 0.2) is 27.5 Å². The van der Waals surface area contributed by atoms with E-state index in [1.165, 1.54) is 10.9 Å². The molecule has 4 N–H and O–H groups in total. The molecule has 5 atom stereocenters. The first-order chi connectivity index (χ1) is 15.9. The zero-order valence-electron chi connectivity index (χ0n) is 17.4. The molecule has 10 nitrogen and oxygen atoms in total. The molecule has 13 heteroatoms. The van der Waals surface area contributed by atoms with Gasteiger partial charge in [-0.2, -0.15) is 14.4 Å². The van der Waals surface area contributed by atoms with E-state index >= 15 is 0 Å². The van der Waals surface area contributed by atoms with Gasteiger partial charge in [-0.3, -0.25) is 4.57 Å². The minimum absolute atomic E-state index is 0.0985. The van der Waals surface area contributed by atoms with Crippen LogP contribution in [-0.4, -0.2) is 76.5 Å². The Kier molecular flexibility index (Phi) is 6.16. The maximum absolute atomic E-state index is 14.3. The van der Waals surface area contributed by atoms with Crippen molar-refractivity contribution >= 4 is 50.3 Å². The van der Waals surface area contributed by atoms with E-state index in [2.05, 4.69) is 25.3 Å². The molecule has 5 rings (SSSR count). The van der Waals surface area contributed by atoms with Gasteiger partial charge in [0.1, 0.15) is 18.3 Å². The van der Waals surface area contributed by atoms with Crippen LogP contribution in [0.15, 0.2) is 34.9 Å². The summed E-state index contributed by atoms with van der Waals surface area (Å²) in [5.41, 5.74) is 1.36. The number of thiazole rings is 1. The fourth-order valence-electron chi connectivity index (χ4n) is 3.67. The fourth-order valence-corrected chi connectivity index (χ4v) is 5.72. The second-order valence-corrected chi connectivity index (χ2v) is 10.00. The third-order valence-corrected chi connectivity index (χ3v) is 7.74. The van der Waals surface area contributed by atoms with Crippen LogP contribution >= 0.6 is 23.1 Å². The average molecular weight is 493 g/mol. The Labute approximate surface area is 195 Å². The van der Waals surface area contributed by atoms with Crippen LogP contribution in [0.25, 0.3) is 21.4 Å². The molecule has 1 aromatic carbocycles. The zero-order chi connectivity index (χ0) is 23.1. The smallest absolute Gasteiger partial charge is 0.312 e. The van der Waals surface area contributed by atoms with E-state index in [0.717, 1.165) is 14.6 Å². The van der Waals surface area contributed by atoms with Crippen LogP contribution in [0.3, 0.4) is 0 Å². The second-order valence-electron chi connectivity index (χ2n) is 7.70. The molecule has 3 unspecified atom stereocenters. The van der Waals surface area contributed by atoms with Crippen LogP contribution in [0, 0.1) is 6.08 Å². The molecular weight excluding hydrogens is 471 g/mol. The van der Waals surface area contributed by atoms with Crippen molar-refractivity contribution in [1.29, 1.82) is 0 Å². The van der Waals surface area contributed by atoms with Crippen molar-refractivity contribution < 1.29 is 24.4 Å². The molecule has 174 valence electrons. The number of para-hydroxylation sites is 1. The number of rotatable bonds is 7. The van der Waals surface area contributed by atoms with Gasteiger partial charge in [0.05, 0.1) is 23.2 Å². The molecule has 0 bridgehead atoms. The summed E-state index contributed by atoms with van der Waals surface area (Å²) >= 11 is 3.21. The number of aliphatic hydroxyl groups excluding tert-OH is 3. The number of ether oxygens (including phenoxy) is 1. The minimum atomic E-state index is -1.34. The molecule has 0 radical (unpaired) electrons. The van der Waals surface area contributed by atoms with Crippen molar-refractivity contribution in [2.24, 2.45) is 0 Å². The van der Waals surface area contributed by atoms with Gasteiger partial charge < -0.3 is 25.4 Å². The quantitative estimate of drug-likeness (QED) is 0.223. The summed E-state index contributed by atoms with van der Waals surface area (Å²) in [4.78, 5) is 16.5. The van der Waals surface area contributed by atoms with Gasteiger partial charge in [0.2, 0.25) is 0 Å². The number of hydrogen-bond acceptors (Lipinski definition) is 11. The summed E-state index contributed by atoms with van der Waals surface area (Å²) in [7, 11) is 0. The van der Waals surface area contributed by atoms with Crippen molar-refractivity contribution in [1.82, 2.24) is 24.5 Å². The standard InChI is InChI=1S/C20H21FN6O4S2/c1-9(7-32-20-24-10-4-2-3-5-12(10)33-20)23-16-13-17(26-19(21)25-16)27(8-22-13)18-15(30)14(29)11(6-28)31-18/h2-5,8-9,11,14-15,18,28-30H,6-7H2,1H3,(H,23,25,26)/t9?,11-,14?,15?,18-/m1/s1. The number of imidazole rings is 1. The maximum Gasteiger partial charge on any atom is 0.312 e. The molecule has 0 aliphatic carbocycles. The summed E-state index contributed by atoms with van der Waals surface area (Å²) in [6.45, 7) is 1.47. The van der Waals surface area contributed by atoms with Gasteiger partial charge in [-0.05, 0) is 19.1 Å². The predicted molar refractivity (Wildman–Crippen MR) is 122 cm³/mol. The molecule has 1 aliphatic rings. The lowest BCUT2D eigenvalue weighted by molar-refractivity contribution is -0.0511. The highest BCUT2D eigenvalue weighted by molar-refractivity contribution is 8.01. The first kappa shape index (κ1) is 22.4. The van der Waals surface area contributed by atoms with Gasteiger partial charge in [-0.25, -0.2) is 9.97 Å². The Morgan fingerprint density at radius 1 is 1.24 bits per heavy atom. The molecule has 3 aromatic heterocycles. The molecule has 4 heterocycles. The number of aliphatic hydroxyl groups is 3. The maximum atomic E-state index is 14.3. The van der Waals surface area contributed by atoms with E-state index in [9.17, 15) is 19.7 Å². The Bertz CT molecular complexity index is 1250. The largest absolute Gasteiger partial charge is 0.394 e. The fraction of sp³-hybridized carbons (Fsp3) is 0.400. The Balaban J connectivity index is 1.34. The van der Waals surface area contributed by atoms with Crippen LogP contribution in [0.2, 0.25) is 0 Å². The molecule has 4 aromatic rings. The summed E-state index contributed by atoms with van der Waals surface area (Å²) in [6, 6.07) is 7.84. The number of thioether (sulfide) groups is 1. The molecule has 0 amide bonds. The number of hydrogen-bond donors (Lipinski definition) is 4. The van der Waals surface area contributed by atoms with Crippen LogP contribution in [-0.2, 0) is 4.74 Å². The number of aromatic nitrogens is 5. The molecule has 1 aliphatic heterocycles. The van der Waals surface area contributed by atoms with Gasteiger partial charge in [-0.1, -0.05) is 23.9 Å². The topological polar surface area (TPSA) is 138 Å². The highest BCUT2D eigenvalue weighted by Gasteiger charge is 2.44. The summed E-state index contributed by atoms with van der Waals surface area (Å²) in [6.07, 6.45) is -4.29. The molecule has 1 saturated heterocycles. The first-order valence-electron chi connectivity index (χ1n) is 10.2. The van der Waals surface area contributed by atoms with E-state index in [0.29, 0.717) is 11.3 Å². The highest BCUT2D eigenvalue weighted by Crippen LogP contribution is 2.33. The zero-order valence-corrected chi connectivity index (χ0v) is 19.0. The average Bonchev–Trinajstić information content (AvgIpc) is 3.48. The molecular formula is C20H21FN6O4S2. The van der Waals surface area contributed by atoms with Gasteiger partial charge >= 0.3 is 6.08 Å². The third-order valence-electron chi connectivity index (χ3n) is 5.30. The number of halogens is 1. The van der Waals surface area contributed by atoms with E-state index in [4.69, 9.17) is 4.74 Å².